The molecule has 1 aromatic heterocycles. The molecule has 2 aromatic carbocycles. The summed E-state index contributed by atoms with van der Waals surface area (Å²) in [5.74, 6) is -0.671. The summed E-state index contributed by atoms with van der Waals surface area (Å²) in [4.78, 5) is 18.1. The van der Waals surface area contributed by atoms with Gasteiger partial charge in [0.2, 0.25) is 5.91 Å². The SMILES string of the molecule is CN(Cc1cc(-c2ccc(OC(F)(F)F)cc2)c2ncn(C)c2c1CO)C(=O)/C=C/CO. The lowest BCUT2D eigenvalue weighted by molar-refractivity contribution is -0.274. The standard InChI is InChI=1S/C22H22F3N3O4/c1-27(19(31)4-3-9-29)11-15-10-17(20-21(18(15)12-30)28(2)13-26-20)14-5-7-16(8-6-14)32-22(23,24)25/h3-8,10,13,29-30H,9,11-12H2,1-2H3/b4-3+. The van der Waals surface area contributed by atoms with Crippen molar-refractivity contribution in [3.05, 3.63) is 59.9 Å². The van der Waals surface area contributed by atoms with Gasteiger partial charge in [-0.15, -0.1) is 13.2 Å². The summed E-state index contributed by atoms with van der Waals surface area (Å²) < 4.78 is 43.1. The Morgan fingerprint density at radius 1 is 1.25 bits per heavy atom. The van der Waals surface area contributed by atoms with Crippen LogP contribution in [0.15, 0.2) is 48.8 Å². The number of benzene rings is 2. The quantitative estimate of drug-likeness (QED) is 0.541. The molecule has 0 aliphatic rings. The van der Waals surface area contributed by atoms with Crippen LogP contribution in [0.25, 0.3) is 22.2 Å². The highest BCUT2D eigenvalue weighted by molar-refractivity contribution is 5.95. The number of likely N-dealkylation sites (N-methyl/N-ethyl adjacent to an activating group) is 1. The first kappa shape index (κ1) is 23.3. The van der Waals surface area contributed by atoms with E-state index in [1.807, 2.05) is 0 Å². The van der Waals surface area contributed by atoms with Gasteiger partial charge in [0, 0.05) is 37.8 Å². The molecule has 10 heteroatoms. The third-order valence-electron chi connectivity index (χ3n) is 4.89. The Morgan fingerprint density at radius 2 is 1.94 bits per heavy atom. The van der Waals surface area contributed by atoms with Gasteiger partial charge in [-0.25, -0.2) is 4.98 Å². The third kappa shape index (κ3) is 5.09. The van der Waals surface area contributed by atoms with Gasteiger partial charge in [-0.3, -0.25) is 4.79 Å². The fraction of sp³-hybridized carbons (Fsp3) is 0.273. The zero-order valence-electron chi connectivity index (χ0n) is 17.4. The molecule has 0 atom stereocenters. The molecule has 0 aliphatic carbocycles. The van der Waals surface area contributed by atoms with E-state index in [0.29, 0.717) is 33.3 Å². The van der Waals surface area contributed by atoms with Gasteiger partial charge in [0.25, 0.3) is 0 Å². The molecular weight excluding hydrogens is 427 g/mol. The van der Waals surface area contributed by atoms with Crippen molar-refractivity contribution < 1.29 is 32.9 Å². The Hall–Kier alpha value is -3.37. The first-order valence-electron chi connectivity index (χ1n) is 9.60. The number of imidazole rings is 1. The van der Waals surface area contributed by atoms with Gasteiger partial charge in [-0.2, -0.15) is 0 Å². The maximum absolute atomic E-state index is 12.5. The number of aliphatic hydroxyl groups excluding tert-OH is 2. The van der Waals surface area contributed by atoms with E-state index in [1.165, 1.54) is 41.3 Å². The summed E-state index contributed by atoms with van der Waals surface area (Å²) in [6.07, 6.45) is -0.627. The van der Waals surface area contributed by atoms with Crippen molar-refractivity contribution in [1.29, 1.82) is 0 Å². The molecule has 0 spiro atoms. The second-order valence-corrected chi connectivity index (χ2v) is 7.12. The Labute approximate surface area is 182 Å². The molecule has 0 saturated carbocycles. The van der Waals surface area contributed by atoms with Gasteiger partial charge in [-0.1, -0.05) is 18.2 Å². The Kier molecular flexibility index (Phi) is 6.85. The maximum Gasteiger partial charge on any atom is 0.573 e. The smallest absolute Gasteiger partial charge is 0.406 e. The predicted molar refractivity (Wildman–Crippen MR) is 111 cm³/mol. The van der Waals surface area contributed by atoms with Crippen LogP contribution in [0.3, 0.4) is 0 Å². The van der Waals surface area contributed by atoms with Crippen molar-refractivity contribution in [2.24, 2.45) is 7.05 Å². The van der Waals surface area contributed by atoms with Crippen LogP contribution in [-0.4, -0.2) is 50.6 Å². The van der Waals surface area contributed by atoms with Gasteiger partial charge >= 0.3 is 6.36 Å². The molecule has 0 saturated heterocycles. The maximum atomic E-state index is 12.5. The normalized spacial score (nSPS) is 12.0. The van der Waals surface area contributed by atoms with Gasteiger partial charge in [0.15, 0.2) is 0 Å². The molecule has 32 heavy (non-hydrogen) atoms. The number of nitrogens with zero attached hydrogens (tertiary/aromatic N) is 3. The molecule has 0 unspecified atom stereocenters. The van der Waals surface area contributed by atoms with E-state index in [2.05, 4.69) is 9.72 Å². The number of rotatable bonds is 7. The van der Waals surface area contributed by atoms with Crippen molar-refractivity contribution in [2.45, 2.75) is 19.5 Å². The number of amides is 1. The lowest BCUT2D eigenvalue weighted by Crippen LogP contribution is -2.25. The number of carbonyl (C=O) groups excluding carboxylic acids is 1. The molecule has 1 heterocycles. The number of halogens is 3. The molecule has 0 fully saturated rings. The van der Waals surface area contributed by atoms with Crippen LogP contribution in [-0.2, 0) is 25.0 Å². The van der Waals surface area contributed by atoms with Crippen molar-refractivity contribution in [2.75, 3.05) is 13.7 Å². The van der Waals surface area contributed by atoms with Crippen LogP contribution in [0.5, 0.6) is 5.75 Å². The second kappa shape index (κ2) is 9.41. The minimum absolute atomic E-state index is 0.161. The monoisotopic (exact) mass is 449 g/mol. The number of carbonyl (C=O) groups is 1. The minimum Gasteiger partial charge on any atom is -0.406 e. The number of hydrogen-bond acceptors (Lipinski definition) is 5. The lowest BCUT2D eigenvalue weighted by atomic mass is 9.96. The van der Waals surface area contributed by atoms with E-state index in [4.69, 9.17) is 5.11 Å². The summed E-state index contributed by atoms with van der Waals surface area (Å²) in [5.41, 5.74) is 3.71. The van der Waals surface area contributed by atoms with Crippen LogP contribution < -0.4 is 4.74 Å². The largest absolute Gasteiger partial charge is 0.573 e. The first-order valence-corrected chi connectivity index (χ1v) is 9.60. The topological polar surface area (TPSA) is 87.8 Å². The number of ether oxygens (including phenoxy) is 1. The number of aryl methyl sites for hydroxylation is 1. The summed E-state index contributed by atoms with van der Waals surface area (Å²) in [6.45, 7) is -0.396. The Balaban J connectivity index is 2.07. The molecule has 2 N–H and O–H groups in total. The van der Waals surface area contributed by atoms with Crippen LogP contribution in [0.4, 0.5) is 13.2 Å². The van der Waals surface area contributed by atoms with Crippen molar-refractivity contribution in [3.63, 3.8) is 0 Å². The molecular formula is C22H22F3N3O4. The summed E-state index contributed by atoms with van der Waals surface area (Å²) >= 11 is 0. The average molecular weight is 449 g/mol. The number of aliphatic hydroxyl groups is 2. The number of alkyl halides is 3. The van der Waals surface area contributed by atoms with E-state index in [-0.39, 0.29) is 31.4 Å². The van der Waals surface area contributed by atoms with E-state index >= 15 is 0 Å². The number of aromatic nitrogens is 2. The average Bonchev–Trinajstić information content (AvgIpc) is 3.12. The fourth-order valence-corrected chi connectivity index (χ4v) is 3.45. The van der Waals surface area contributed by atoms with E-state index in [0.717, 1.165) is 0 Å². The fourth-order valence-electron chi connectivity index (χ4n) is 3.45. The molecule has 0 bridgehead atoms. The van der Waals surface area contributed by atoms with Gasteiger partial charge in [0.05, 0.1) is 30.6 Å². The summed E-state index contributed by atoms with van der Waals surface area (Å²) in [6, 6.07) is 7.18. The van der Waals surface area contributed by atoms with Crippen LogP contribution in [0.2, 0.25) is 0 Å². The molecule has 0 radical (unpaired) electrons. The van der Waals surface area contributed by atoms with Gasteiger partial charge < -0.3 is 24.4 Å². The van der Waals surface area contributed by atoms with Crippen LogP contribution in [0.1, 0.15) is 11.1 Å². The second-order valence-electron chi connectivity index (χ2n) is 7.12. The van der Waals surface area contributed by atoms with Crippen molar-refractivity contribution in [1.82, 2.24) is 14.5 Å². The minimum atomic E-state index is -4.78. The highest BCUT2D eigenvalue weighted by atomic mass is 19.4. The van der Waals surface area contributed by atoms with E-state index in [9.17, 15) is 23.1 Å². The molecule has 3 aromatic rings. The van der Waals surface area contributed by atoms with Crippen LogP contribution in [0, 0.1) is 0 Å². The highest BCUT2D eigenvalue weighted by Crippen LogP contribution is 2.34. The number of hydrogen-bond donors (Lipinski definition) is 2. The molecule has 0 aliphatic heterocycles. The number of fused-ring (bicyclic) bond motifs is 1. The predicted octanol–water partition coefficient (Wildman–Crippen LogP) is 3.14. The zero-order chi connectivity index (χ0) is 23.5. The molecule has 7 nitrogen and oxygen atoms in total. The Bertz CT molecular complexity index is 1140. The molecule has 170 valence electrons. The van der Waals surface area contributed by atoms with Crippen molar-refractivity contribution in [3.8, 4) is 16.9 Å². The molecule has 1 amide bonds. The third-order valence-corrected chi connectivity index (χ3v) is 4.89. The first-order chi connectivity index (χ1) is 15.1. The van der Waals surface area contributed by atoms with E-state index < -0.39 is 6.36 Å². The summed E-state index contributed by atoms with van der Waals surface area (Å²) in [7, 11) is 3.35. The highest BCUT2D eigenvalue weighted by Gasteiger charge is 2.31. The molecule has 3 rings (SSSR count). The van der Waals surface area contributed by atoms with Gasteiger partial charge in [0.1, 0.15) is 5.75 Å². The van der Waals surface area contributed by atoms with Gasteiger partial charge in [-0.05, 0) is 29.3 Å². The van der Waals surface area contributed by atoms with E-state index in [1.54, 1.807) is 31.1 Å². The van der Waals surface area contributed by atoms with Crippen LogP contribution >= 0.6 is 0 Å². The summed E-state index contributed by atoms with van der Waals surface area (Å²) in [5, 5.41) is 18.9. The Morgan fingerprint density at radius 3 is 2.53 bits per heavy atom. The van der Waals surface area contributed by atoms with Crippen molar-refractivity contribution >= 4 is 16.9 Å². The zero-order valence-corrected chi connectivity index (χ0v) is 17.4. The lowest BCUT2D eigenvalue weighted by Gasteiger charge is -2.20.